The van der Waals surface area contributed by atoms with Crippen molar-refractivity contribution in [1.29, 1.82) is 5.26 Å². The topological polar surface area (TPSA) is 100 Å². The molecule has 1 aromatic heterocycles. The molecule has 0 aliphatic carbocycles. The van der Waals surface area contributed by atoms with Gasteiger partial charge in [0.2, 0.25) is 0 Å². The van der Waals surface area contributed by atoms with E-state index < -0.39 is 12.1 Å². The van der Waals surface area contributed by atoms with Crippen molar-refractivity contribution in [3.63, 3.8) is 0 Å². The Morgan fingerprint density at radius 2 is 1.83 bits per heavy atom. The van der Waals surface area contributed by atoms with Crippen molar-refractivity contribution in [2.75, 3.05) is 0 Å². The van der Waals surface area contributed by atoms with E-state index in [0.29, 0.717) is 23.3 Å². The Bertz CT molecular complexity index is 1250. The number of aliphatic hydroxyl groups excluding tert-OH is 1. The summed E-state index contributed by atoms with van der Waals surface area (Å²) in [5.74, 6) is 1.11. The minimum Gasteiger partial charge on any atom is -0.490 e. The lowest BCUT2D eigenvalue weighted by Gasteiger charge is -2.22. The maximum atomic E-state index is 12.9. The monoisotopic (exact) mass is 488 g/mol. The molecule has 3 aromatic rings. The van der Waals surface area contributed by atoms with Crippen molar-refractivity contribution in [3.8, 4) is 23.1 Å². The van der Waals surface area contributed by atoms with Gasteiger partial charge in [-0.3, -0.25) is 4.79 Å². The molecule has 1 amide bonds. The van der Waals surface area contributed by atoms with E-state index in [1.807, 2.05) is 51.4 Å². The second kappa shape index (κ2) is 11.0. The zero-order valence-corrected chi connectivity index (χ0v) is 22.2. The van der Waals surface area contributed by atoms with E-state index in [-0.39, 0.29) is 17.4 Å². The number of aryl methyl sites for hydroxylation is 1. The molecule has 36 heavy (non-hydrogen) atoms. The van der Waals surface area contributed by atoms with Gasteiger partial charge in [0.05, 0.1) is 29.5 Å². The van der Waals surface area contributed by atoms with Crippen LogP contribution in [-0.4, -0.2) is 38.8 Å². The van der Waals surface area contributed by atoms with Crippen molar-refractivity contribution in [1.82, 2.24) is 14.9 Å². The van der Waals surface area contributed by atoms with Crippen LogP contribution < -0.4 is 10.1 Å². The van der Waals surface area contributed by atoms with Crippen molar-refractivity contribution < 1.29 is 14.6 Å². The van der Waals surface area contributed by atoms with Crippen LogP contribution in [0.3, 0.4) is 0 Å². The number of nitrogens with one attached hydrogen (secondary N) is 1. The number of carbonyl (C=O) groups excluding carboxylic acids is 1. The van der Waals surface area contributed by atoms with Gasteiger partial charge in [-0.2, -0.15) is 5.26 Å². The van der Waals surface area contributed by atoms with E-state index in [0.717, 1.165) is 22.6 Å². The Balaban J connectivity index is 1.73. The van der Waals surface area contributed by atoms with Crippen LogP contribution in [0, 0.1) is 11.3 Å². The fraction of sp³-hybridized carbons (Fsp3) is 0.414. The van der Waals surface area contributed by atoms with E-state index in [1.165, 1.54) is 6.07 Å². The Hall–Kier alpha value is -3.63. The zero-order valence-electron chi connectivity index (χ0n) is 22.2. The van der Waals surface area contributed by atoms with E-state index in [2.05, 4.69) is 36.7 Å². The van der Waals surface area contributed by atoms with Crippen LogP contribution in [-0.2, 0) is 18.9 Å². The van der Waals surface area contributed by atoms with Gasteiger partial charge >= 0.3 is 0 Å². The lowest BCUT2D eigenvalue weighted by molar-refractivity contribution is 0.0858. The smallest absolute Gasteiger partial charge is 0.251 e. The van der Waals surface area contributed by atoms with E-state index >= 15 is 0 Å². The molecule has 1 unspecified atom stereocenters. The first-order valence-corrected chi connectivity index (χ1v) is 12.2. The molecule has 0 radical (unpaired) electrons. The third kappa shape index (κ3) is 6.52. The molecular weight excluding hydrogens is 452 g/mol. The first-order valence-electron chi connectivity index (χ1n) is 12.2. The molecule has 0 aliphatic heterocycles. The second-order valence-corrected chi connectivity index (χ2v) is 10.5. The molecule has 7 heteroatoms. The molecule has 0 fully saturated rings. The summed E-state index contributed by atoms with van der Waals surface area (Å²) in [5.41, 5.74) is 3.49. The van der Waals surface area contributed by atoms with Crippen LogP contribution in [0.4, 0.5) is 0 Å². The Labute approximate surface area is 213 Å². The normalized spacial score (nSPS) is 13.2. The van der Waals surface area contributed by atoms with E-state index in [9.17, 15) is 15.2 Å². The van der Waals surface area contributed by atoms with Gasteiger partial charge in [0.15, 0.2) is 0 Å². The second-order valence-electron chi connectivity index (χ2n) is 10.5. The fourth-order valence-corrected chi connectivity index (χ4v) is 4.08. The predicted octanol–water partition coefficient (Wildman–Crippen LogP) is 4.77. The Kier molecular flexibility index (Phi) is 8.21. The molecule has 0 aliphatic rings. The lowest BCUT2D eigenvalue weighted by atomic mass is 9.96. The van der Waals surface area contributed by atoms with Crippen LogP contribution in [0.5, 0.6) is 5.75 Å². The number of aliphatic hydroxyl groups is 1. The van der Waals surface area contributed by atoms with Gasteiger partial charge < -0.3 is 19.7 Å². The third-order valence-corrected chi connectivity index (χ3v) is 5.88. The largest absolute Gasteiger partial charge is 0.490 e. The van der Waals surface area contributed by atoms with Gasteiger partial charge in [0.1, 0.15) is 17.6 Å². The number of nitrogens with zero attached hydrogens (tertiary/aromatic N) is 3. The highest BCUT2D eigenvalue weighted by Crippen LogP contribution is 2.26. The van der Waals surface area contributed by atoms with Gasteiger partial charge in [-0.25, -0.2) is 4.98 Å². The maximum absolute atomic E-state index is 12.9. The zero-order chi connectivity index (χ0) is 26.6. The molecule has 3 rings (SSSR count). The quantitative estimate of drug-likeness (QED) is 0.476. The highest BCUT2D eigenvalue weighted by atomic mass is 16.5. The SMILES string of the molecule is CC(C)Oc1ccc(C(=O)N[C@@H](Cc2ccc(-c3cn(C)c(C(C)(C)C)n3)cc2)C(C)O)cc1C#N. The lowest BCUT2D eigenvalue weighted by Crippen LogP contribution is -2.43. The number of nitriles is 1. The Morgan fingerprint density at radius 1 is 1.17 bits per heavy atom. The van der Waals surface area contributed by atoms with Gasteiger partial charge in [0.25, 0.3) is 5.91 Å². The highest BCUT2D eigenvalue weighted by Gasteiger charge is 2.22. The summed E-state index contributed by atoms with van der Waals surface area (Å²) in [5, 5.41) is 22.7. The van der Waals surface area contributed by atoms with Crippen LogP contribution in [0.2, 0.25) is 0 Å². The summed E-state index contributed by atoms with van der Waals surface area (Å²) in [7, 11) is 2.01. The summed E-state index contributed by atoms with van der Waals surface area (Å²) in [6, 6.07) is 14.4. The number of ether oxygens (including phenoxy) is 1. The van der Waals surface area contributed by atoms with Crippen molar-refractivity contribution in [3.05, 3.63) is 71.2 Å². The average Bonchev–Trinajstić information content (AvgIpc) is 3.21. The number of rotatable bonds is 8. The summed E-state index contributed by atoms with van der Waals surface area (Å²) in [6.07, 6.45) is 1.64. The van der Waals surface area contributed by atoms with Gasteiger partial charge in [-0.1, -0.05) is 45.0 Å². The molecule has 0 saturated carbocycles. The summed E-state index contributed by atoms with van der Waals surface area (Å²) in [6.45, 7) is 11.8. The van der Waals surface area contributed by atoms with Gasteiger partial charge in [-0.05, 0) is 51.0 Å². The minimum atomic E-state index is -0.766. The average molecular weight is 489 g/mol. The van der Waals surface area contributed by atoms with Crippen molar-refractivity contribution in [2.45, 2.75) is 71.6 Å². The molecule has 0 spiro atoms. The molecular formula is C29H36N4O3. The molecule has 2 N–H and O–H groups in total. The number of imidazole rings is 1. The molecule has 2 atom stereocenters. The number of aromatic nitrogens is 2. The number of hydrogen-bond acceptors (Lipinski definition) is 5. The van der Waals surface area contributed by atoms with Crippen LogP contribution in [0.1, 0.15) is 68.9 Å². The standard InChI is InChI=1S/C29H36N4O3/c1-18(2)36-26-13-12-22(15-23(26)16-30)27(35)31-24(19(3)34)14-20-8-10-21(11-9-20)25-17-33(7)28(32-25)29(4,5)6/h8-13,15,17-19,24,34H,14H2,1-7H3,(H,31,35)/t19?,24-/m0/s1. The molecule has 0 saturated heterocycles. The summed E-state index contributed by atoms with van der Waals surface area (Å²) in [4.78, 5) is 17.7. The first-order chi connectivity index (χ1) is 16.9. The van der Waals surface area contributed by atoms with Crippen LogP contribution >= 0.6 is 0 Å². The van der Waals surface area contributed by atoms with Crippen molar-refractivity contribution in [2.24, 2.45) is 7.05 Å². The number of amides is 1. The number of hydrogen-bond donors (Lipinski definition) is 2. The van der Waals surface area contributed by atoms with Gasteiger partial charge in [0, 0.05) is 29.8 Å². The summed E-state index contributed by atoms with van der Waals surface area (Å²) >= 11 is 0. The van der Waals surface area contributed by atoms with Crippen LogP contribution in [0.25, 0.3) is 11.3 Å². The molecule has 1 heterocycles. The molecule has 0 bridgehead atoms. The van der Waals surface area contributed by atoms with Crippen LogP contribution in [0.15, 0.2) is 48.7 Å². The fourth-order valence-electron chi connectivity index (χ4n) is 4.08. The van der Waals surface area contributed by atoms with E-state index in [1.54, 1.807) is 19.1 Å². The molecule has 2 aromatic carbocycles. The minimum absolute atomic E-state index is 0.0502. The number of benzene rings is 2. The summed E-state index contributed by atoms with van der Waals surface area (Å²) < 4.78 is 7.69. The maximum Gasteiger partial charge on any atom is 0.251 e. The predicted molar refractivity (Wildman–Crippen MR) is 141 cm³/mol. The van der Waals surface area contributed by atoms with Gasteiger partial charge in [-0.15, -0.1) is 0 Å². The molecule has 190 valence electrons. The first kappa shape index (κ1) is 27.0. The van der Waals surface area contributed by atoms with E-state index in [4.69, 9.17) is 9.72 Å². The number of carbonyl (C=O) groups is 1. The third-order valence-electron chi connectivity index (χ3n) is 5.88. The molecule has 7 nitrogen and oxygen atoms in total. The Morgan fingerprint density at radius 3 is 2.36 bits per heavy atom. The highest BCUT2D eigenvalue weighted by molar-refractivity contribution is 5.95. The van der Waals surface area contributed by atoms with Crippen molar-refractivity contribution >= 4 is 5.91 Å².